The Kier molecular flexibility index (Phi) is 7.08. The van der Waals surface area contributed by atoms with Crippen LogP contribution in [-0.2, 0) is 6.42 Å². The van der Waals surface area contributed by atoms with Gasteiger partial charge in [0, 0.05) is 20.8 Å². The van der Waals surface area contributed by atoms with Crippen molar-refractivity contribution in [3.63, 3.8) is 0 Å². The zero-order chi connectivity index (χ0) is 25.9. The van der Waals surface area contributed by atoms with Crippen LogP contribution >= 0.6 is 22.9 Å². The molecule has 1 amide bonds. The van der Waals surface area contributed by atoms with Gasteiger partial charge >= 0.3 is 0 Å². The van der Waals surface area contributed by atoms with Gasteiger partial charge in [0.2, 0.25) is 5.55 Å². The lowest BCUT2D eigenvalue weighted by Gasteiger charge is -2.07. The number of carbonyl (C=O) groups excluding carboxylic acids is 1. The fourth-order valence-electron chi connectivity index (χ4n) is 3.94. The number of nitrogens with one attached hydrogen (secondary N) is 1. The predicted octanol–water partition coefficient (Wildman–Crippen LogP) is 7.57. The molecule has 6 nitrogen and oxygen atoms in total. The minimum Gasteiger partial charge on any atom is -0.497 e. The molecular weight excluding hydrogens is 506 g/mol. The summed E-state index contributed by atoms with van der Waals surface area (Å²) in [7, 11) is 1.60. The van der Waals surface area contributed by atoms with Crippen LogP contribution in [0, 0.1) is 6.92 Å². The normalized spacial score (nSPS) is 11.6. The van der Waals surface area contributed by atoms with Crippen LogP contribution < -0.4 is 15.6 Å². The van der Waals surface area contributed by atoms with Gasteiger partial charge in [-0.15, -0.1) is 11.3 Å². The number of hydrogen-bond acceptors (Lipinski definition) is 6. The number of thiazole rings is 1. The number of ether oxygens (including phenoxy) is 1. The summed E-state index contributed by atoms with van der Waals surface area (Å²) < 4.78 is 11.5. The first kappa shape index (κ1) is 24.7. The lowest BCUT2D eigenvalue weighted by atomic mass is 10.1. The van der Waals surface area contributed by atoms with Gasteiger partial charge in [-0.05, 0) is 67.4 Å². The van der Waals surface area contributed by atoms with Crippen molar-refractivity contribution in [2.75, 3.05) is 12.4 Å². The summed E-state index contributed by atoms with van der Waals surface area (Å²) in [6.07, 6.45) is 0.782. The maximum atomic E-state index is 13.6. The molecule has 3 aromatic carbocycles. The third-order valence-electron chi connectivity index (χ3n) is 5.79. The third-order valence-corrected chi connectivity index (χ3v) is 7.15. The summed E-state index contributed by atoms with van der Waals surface area (Å²) in [5, 5.41) is 4.84. The quantitative estimate of drug-likeness (QED) is 0.246. The number of rotatable bonds is 6. The molecule has 2 heterocycles. The van der Waals surface area contributed by atoms with Crippen LogP contribution in [-0.4, -0.2) is 18.0 Å². The number of benzene rings is 3. The Morgan fingerprint density at radius 1 is 1.11 bits per heavy atom. The molecule has 0 saturated carbocycles. The summed E-state index contributed by atoms with van der Waals surface area (Å²) in [6, 6.07) is 22.4. The summed E-state index contributed by atoms with van der Waals surface area (Å²) in [4.78, 5) is 24.0. The van der Waals surface area contributed by atoms with E-state index in [1.807, 2.05) is 67.6 Å². The SMILES string of the molecule is CCc1sc(NC(=O)c2cc3cc(OC)ccc3oc2=Nc2cccc(C)c2)nc1-c1ccc(Cl)cc1. The van der Waals surface area contributed by atoms with Gasteiger partial charge < -0.3 is 9.15 Å². The number of aryl methyl sites for hydroxylation is 2. The van der Waals surface area contributed by atoms with Crippen molar-refractivity contribution >= 4 is 50.6 Å². The Hall–Kier alpha value is -3.94. The molecule has 0 atom stereocenters. The lowest BCUT2D eigenvalue weighted by Crippen LogP contribution is -2.21. The van der Waals surface area contributed by atoms with Crippen LogP contribution in [0.5, 0.6) is 5.75 Å². The Bertz CT molecular complexity index is 1670. The fraction of sp³-hybridized carbons (Fsp3) is 0.138. The number of amides is 1. The Morgan fingerprint density at radius 3 is 2.65 bits per heavy atom. The maximum absolute atomic E-state index is 13.6. The minimum atomic E-state index is -0.362. The van der Waals surface area contributed by atoms with Crippen molar-refractivity contribution in [1.82, 2.24) is 4.98 Å². The molecule has 0 unspecified atom stereocenters. The van der Waals surface area contributed by atoms with E-state index in [2.05, 4.69) is 17.2 Å². The molecule has 0 aliphatic heterocycles. The highest BCUT2D eigenvalue weighted by atomic mass is 35.5. The summed E-state index contributed by atoms with van der Waals surface area (Å²) >= 11 is 7.50. The Labute approximate surface area is 223 Å². The van der Waals surface area contributed by atoms with E-state index >= 15 is 0 Å². The van der Waals surface area contributed by atoms with Crippen LogP contribution in [0.4, 0.5) is 10.8 Å². The van der Waals surface area contributed by atoms with Crippen molar-refractivity contribution in [1.29, 1.82) is 0 Å². The summed E-state index contributed by atoms with van der Waals surface area (Å²) in [5.74, 6) is 0.302. The average Bonchev–Trinajstić information content (AvgIpc) is 3.31. The number of methoxy groups -OCH3 is 1. The van der Waals surface area contributed by atoms with E-state index in [1.54, 1.807) is 19.2 Å². The van der Waals surface area contributed by atoms with Crippen molar-refractivity contribution in [3.05, 3.63) is 99.4 Å². The minimum absolute atomic E-state index is 0.214. The topological polar surface area (TPSA) is 76.7 Å². The van der Waals surface area contributed by atoms with Gasteiger partial charge in [0.1, 0.15) is 16.9 Å². The number of aromatic nitrogens is 1. The Balaban J connectivity index is 1.57. The smallest absolute Gasteiger partial charge is 0.262 e. The number of nitrogens with zero attached hydrogens (tertiary/aromatic N) is 2. The van der Waals surface area contributed by atoms with Crippen LogP contribution in [0.1, 0.15) is 27.7 Å². The van der Waals surface area contributed by atoms with Crippen LogP contribution in [0.3, 0.4) is 0 Å². The molecule has 5 aromatic rings. The zero-order valence-electron chi connectivity index (χ0n) is 20.5. The van der Waals surface area contributed by atoms with E-state index in [-0.39, 0.29) is 11.5 Å². The van der Waals surface area contributed by atoms with E-state index in [9.17, 15) is 4.79 Å². The zero-order valence-corrected chi connectivity index (χ0v) is 22.1. The van der Waals surface area contributed by atoms with Crippen molar-refractivity contribution in [3.8, 4) is 17.0 Å². The maximum Gasteiger partial charge on any atom is 0.262 e. The van der Waals surface area contributed by atoms with Crippen LogP contribution in [0.15, 0.2) is 82.2 Å². The van der Waals surface area contributed by atoms with E-state index in [1.165, 1.54) is 11.3 Å². The number of hydrogen-bond donors (Lipinski definition) is 1. The molecule has 0 bridgehead atoms. The third kappa shape index (κ3) is 5.43. The molecule has 0 saturated heterocycles. The molecule has 5 rings (SSSR count). The molecule has 0 aliphatic rings. The second-order valence-electron chi connectivity index (χ2n) is 8.43. The second-order valence-corrected chi connectivity index (χ2v) is 9.95. The largest absolute Gasteiger partial charge is 0.497 e. The van der Waals surface area contributed by atoms with Gasteiger partial charge in [-0.1, -0.05) is 42.8 Å². The number of carbonyl (C=O) groups is 1. The van der Waals surface area contributed by atoms with E-state index in [0.717, 1.165) is 33.5 Å². The fourth-order valence-corrected chi connectivity index (χ4v) is 4.98. The molecule has 2 aromatic heterocycles. The molecule has 0 radical (unpaired) electrons. The van der Waals surface area contributed by atoms with Crippen molar-refractivity contribution in [2.24, 2.45) is 4.99 Å². The van der Waals surface area contributed by atoms with Crippen LogP contribution in [0.2, 0.25) is 5.02 Å². The van der Waals surface area contributed by atoms with Gasteiger partial charge in [-0.2, -0.15) is 0 Å². The first-order valence-electron chi connectivity index (χ1n) is 11.7. The molecule has 186 valence electrons. The molecule has 0 fully saturated rings. The highest BCUT2D eigenvalue weighted by Gasteiger charge is 2.18. The number of halogens is 1. The molecule has 37 heavy (non-hydrogen) atoms. The number of anilines is 1. The second kappa shape index (κ2) is 10.6. The van der Waals surface area contributed by atoms with Gasteiger partial charge in [0.05, 0.1) is 18.5 Å². The first-order chi connectivity index (χ1) is 17.9. The average molecular weight is 530 g/mol. The lowest BCUT2D eigenvalue weighted by molar-refractivity contribution is 0.102. The van der Waals surface area contributed by atoms with E-state index < -0.39 is 0 Å². The van der Waals surface area contributed by atoms with E-state index in [4.69, 9.17) is 25.7 Å². The Morgan fingerprint density at radius 2 is 1.92 bits per heavy atom. The van der Waals surface area contributed by atoms with Crippen molar-refractivity contribution in [2.45, 2.75) is 20.3 Å². The van der Waals surface area contributed by atoms with Crippen LogP contribution in [0.25, 0.3) is 22.2 Å². The number of fused-ring (bicyclic) bond motifs is 1. The van der Waals surface area contributed by atoms with Gasteiger partial charge in [-0.3, -0.25) is 10.1 Å². The molecule has 8 heteroatoms. The standard InChI is InChI=1S/C29H24ClN3O3S/c1-4-25-26(18-8-10-20(30)11-9-18)32-29(37-25)33-27(34)23-16-19-15-22(35-3)12-13-24(19)36-28(23)31-21-7-5-6-17(2)14-21/h5-16H,4H2,1-3H3,(H,32,33,34). The molecule has 0 spiro atoms. The summed E-state index contributed by atoms with van der Waals surface area (Å²) in [5.41, 5.74) is 4.63. The van der Waals surface area contributed by atoms with Gasteiger partial charge in [0.25, 0.3) is 5.91 Å². The van der Waals surface area contributed by atoms with Gasteiger partial charge in [0.15, 0.2) is 5.13 Å². The monoisotopic (exact) mass is 529 g/mol. The highest BCUT2D eigenvalue weighted by molar-refractivity contribution is 7.16. The molecule has 0 aliphatic carbocycles. The molecular formula is C29H24ClN3O3S. The van der Waals surface area contributed by atoms with E-state index in [0.29, 0.717) is 32.7 Å². The summed E-state index contributed by atoms with van der Waals surface area (Å²) in [6.45, 7) is 4.05. The molecule has 1 N–H and O–H groups in total. The highest BCUT2D eigenvalue weighted by Crippen LogP contribution is 2.32. The van der Waals surface area contributed by atoms with Gasteiger partial charge in [-0.25, -0.2) is 9.98 Å². The predicted molar refractivity (Wildman–Crippen MR) is 149 cm³/mol. The first-order valence-corrected chi connectivity index (χ1v) is 12.9. The van der Waals surface area contributed by atoms with Crippen molar-refractivity contribution < 1.29 is 13.9 Å².